The standard InChI is InChI=1S/C12H20N6O2/c1-16-2-4-17(5-3-16)9-6-11(19)18(15-7-9)8-10(13)12(14)20/h6-7,10H,2-5,8,13H2,1H3,(H2,14,20). The summed E-state index contributed by atoms with van der Waals surface area (Å²) in [7, 11) is 2.07. The predicted octanol–water partition coefficient (Wildman–Crippen LogP) is -2.19. The zero-order valence-corrected chi connectivity index (χ0v) is 11.5. The molecule has 110 valence electrons. The summed E-state index contributed by atoms with van der Waals surface area (Å²) in [6.07, 6.45) is 1.63. The van der Waals surface area contributed by atoms with Gasteiger partial charge in [-0.1, -0.05) is 0 Å². The Morgan fingerprint density at radius 2 is 2.05 bits per heavy atom. The number of anilines is 1. The van der Waals surface area contributed by atoms with Gasteiger partial charge in [0.25, 0.3) is 5.56 Å². The van der Waals surface area contributed by atoms with Crippen LogP contribution in [0.25, 0.3) is 0 Å². The minimum absolute atomic E-state index is 0.00279. The van der Waals surface area contributed by atoms with Crippen LogP contribution in [0.4, 0.5) is 5.69 Å². The maximum atomic E-state index is 12.0. The molecule has 20 heavy (non-hydrogen) atoms. The van der Waals surface area contributed by atoms with E-state index in [4.69, 9.17) is 11.5 Å². The molecule has 1 saturated heterocycles. The minimum Gasteiger partial charge on any atom is -0.368 e. The Hall–Kier alpha value is -1.93. The molecule has 2 rings (SSSR count). The van der Waals surface area contributed by atoms with E-state index in [0.29, 0.717) is 0 Å². The molecule has 1 fully saturated rings. The number of amides is 1. The van der Waals surface area contributed by atoms with E-state index in [9.17, 15) is 9.59 Å². The lowest BCUT2D eigenvalue weighted by Crippen LogP contribution is -2.45. The number of primary amides is 1. The van der Waals surface area contributed by atoms with E-state index in [1.807, 2.05) is 0 Å². The highest BCUT2D eigenvalue weighted by Crippen LogP contribution is 2.11. The molecule has 0 saturated carbocycles. The summed E-state index contributed by atoms with van der Waals surface area (Å²) in [6.45, 7) is 3.63. The average Bonchev–Trinajstić information content (AvgIpc) is 2.41. The van der Waals surface area contributed by atoms with Gasteiger partial charge in [-0.15, -0.1) is 0 Å². The zero-order chi connectivity index (χ0) is 14.7. The number of carbonyl (C=O) groups excluding carboxylic acids is 1. The van der Waals surface area contributed by atoms with Crippen molar-refractivity contribution in [1.82, 2.24) is 14.7 Å². The number of piperazine rings is 1. The molecule has 2 heterocycles. The number of rotatable bonds is 4. The monoisotopic (exact) mass is 280 g/mol. The molecular weight excluding hydrogens is 260 g/mol. The summed E-state index contributed by atoms with van der Waals surface area (Å²) in [4.78, 5) is 27.2. The molecule has 0 aliphatic carbocycles. The normalized spacial score (nSPS) is 18.0. The third-order valence-corrected chi connectivity index (χ3v) is 3.46. The van der Waals surface area contributed by atoms with Gasteiger partial charge in [0.2, 0.25) is 5.91 Å². The van der Waals surface area contributed by atoms with Crippen LogP contribution >= 0.6 is 0 Å². The van der Waals surface area contributed by atoms with Crippen LogP contribution in [0.15, 0.2) is 17.1 Å². The van der Waals surface area contributed by atoms with Crippen molar-refractivity contribution in [2.75, 3.05) is 38.1 Å². The molecule has 0 aromatic carbocycles. The third kappa shape index (κ3) is 3.34. The lowest BCUT2D eigenvalue weighted by atomic mass is 10.3. The van der Waals surface area contributed by atoms with Gasteiger partial charge < -0.3 is 21.3 Å². The molecule has 1 aliphatic heterocycles. The first-order valence-electron chi connectivity index (χ1n) is 6.53. The topological polar surface area (TPSA) is 110 Å². The summed E-state index contributed by atoms with van der Waals surface area (Å²) >= 11 is 0. The van der Waals surface area contributed by atoms with Crippen LogP contribution in [-0.4, -0.2) is 59.9 Å². The van der Waals surface area contributed by atoms with Crippen LogP contribution in [0.3, 0.4) is 0 Å². The third-order valence-electron chi connectivity index (χ3n) is 3.46. The maximum absolute atomic E-state index is 12.0. The molecule has 4 N–H and O–H groups in total. The fourth-order valence-corrected chi connectivity index (χ4v) is 2.08. The Morgan fingerprint density at radius 3 is 2.60 bits per heavy atom. The van der Waals surface area contributed by atoms with Crippen molar-refractivity contribution < 1.29 is 4.79 Å². The van der Waals surface area contributed by atoms with Crippen LogP contribution in [0.5, 0.6) is 0 Å². The van der Waals surface area contributed by atoms with Crippen molar-refractivity contribution in [2.45, 2.75) is 12.6 Å². The fraction of sp³-hybridized carbons (Fsp3) is 0.583. The summed E-state index contributed by atoms with van der Waals surface area (Å²) < 4.78 is 1.16. The van der Waals surface area contributed by atoms with Crippen molar-refractivity contribution >= 4 is 11.6 Å². The number of likely N-dealkylation sites (N-methyl/N-ethyl adjacent to an activating group) is 1. The molecule has 0 spiro atoms. The predicted molar refractivity (Wildman–Crippen MR) is 75.4 cm³/mol. The van der Waals surface area contributed by atoms with E-state index in [2.05, 4.69) is 21.9 Å². The molecule has 1 amide bonds. The maximum Gasteiger partial charge on any atom is 0.268 e. The van der Waals surface area contributed by atoms with E-state index in [1.54, 1.807) is 6.20 Å². The molecule has 8 nitrogen and oxygen atoms in total. The van der Waals surface area contributed by atoms with Crippen molar-refractivity contribution in [3.8, 4) is 0 Å². The van der Waals surface area contributed by atoms with Crippen molar-refractivity contribution in [3.63, 3.8) is 0 Å². The van der Waals surface area contributed by atoms with Gasteiger partial charge in [-0.25, -0.2) is 4.68 Å². The van der Waals surface area contributed by atoms with Crippen LogP contribution in [0, 0.1) is 0 Å². The van der Waals surface area contributed by atoms with Gasteiger partial charge >= 0.3 is 0 Å². The number of nitrogens with zero attached hydrogens (tertiary/aromatic N) is 4. The van der Waals surface area contributed by atoms with Crippen LogP contribution in [0.2, 0.25) is 0 Å². The van der Waals surface area contributed by atoms with Gasteiger partial charge in [-0.05, 0) is 7.05 Å². The van der Waals surface area contributed by atoms with Gasteiger partial charge in [-0.3, -0.25) is 9.59 Å². The molecule has 1 aromatic heterocycles. The first-order valence-corrected chi connectivity index (χ1v) is 6.53. The van der Waals surface area contributed by atoms with Gasteiger partial charge in [0.1, 0.15) is 6.04 Å². The molecule has 1 unspecified atom stereocenters. The summed E-state index contributed by atoms with van der Waals surface area (Å²) in [5, 5.41) is 4.06. The molecular formula is C12H20N6O2. The lowest BCUT2D eigenvalue weighted by molar-refractivity contribution is -0.119. The van der Waals surface area contributed by atoms with E-state index >= 15 is 0 Å². The molecule has 0 bridgehead atoms. The largest absolute Gasteiger partial charge is 0.368 e. The second kappa shape index (κ2) is 6.02. The Morgan fingerprint density at radius 1 is 1.40 bits per heavy atom. The second-order valence-electron chi connectivity index (χ2n) is 5.03. The molecule has 0 radical (unpaired) electrons. The van der Waals surface area contributed by atoms with Crippen molar-refractivity contribution in [1.29, 1.82) is 0 Å². The summed E-state index contributed by atoms with van der Waals surface area (Å²) in [5.74, 6) is -0.651. The van der Waals surface area contributed by atoms with E-state index in [-0.39, 0.29) is 12.1 Å². The number of hydrogen-bond acceptors (Lipinski definition) is 6. The molecule has 8 heteroatoms. The molecule has 1 atom stereocenters. The SMILES string of the molecule is CN1CCN(c2cnn(CC(N)C(N)=O)c(=O)c2)CC1. The summed E-state index contributed by atoms with van der Waals surface area (Å²) in [6, 6.07) is 0.612. The van der Waals surface area contributed by atoms with Gasteiger partial charge in [0.15, 0.2) is 0 Å². The van der Waals surface area contributed by atoms with Gasteiger partial charge in [-0.2, -0.15) is 5.10 Å². The Bertz CT molecular complexity index is 535. The van der Waals surface area contributed by atoms with Gasteiger partial charge in [0.05, 0.1) is 18.4 Å². The smallest absolute Gasteiger partial charge is 0.268 e. The van der Waals surface area contributed by atoms with Crippen LogP contribution < -0.4 is 21.9 Å². The van der Waals surface area contributed by atoms with E-state index in [0.717, 1.165) is 36.5 Å². The average molecular weight is 280 g/mol. The Kier molecular flexibility index (Phi) is 4.35. The minimum atomic E-state index is -0.908. The number of nitrogens with two attached hydrogens (primary N) is 2. The van der Waals surface area contributed by atoms with Gasteiger partial charge in [0, 0.05) is 32.2 Å². The quantitative estimate of drug-likeness (QED) is 0.648. The van der Waals surface area contributed by atoms with Crippen molar-refractivity contribution in [3.05, 3.63) is 22.6 Å². The molecule has 1 aliphatic rings. The highest BCUT2D eigenvalue weighted by atomic mass is 16.1. The van der Waals surface area contributed by atoms with Crippen molar-refractivity contribution in [2.24, 2.45) is 11.5 Å². The van der Waals surface area contributed by atoms with Crippen LogP contribution in [-0.2, 0) is 11.3 Å². The Labute approximate surface area is 116 Å². The first-order chi connectivity index (χ1) is 9.47. The summed E-state index contributed by atoms with van der Waals surface area (Å²) in [5.41, 5.74) is 11.1. The Balaban J connectivity index is 2.10. The first kappa shape index (κ1) is 14.5. The number of carbonyl (C=O) groups is 1. The van der Waals surface area contributed by atoms with E-state index < -0.39 is 11.9 Å². The highest BCUT2D eigenvalue weighted by molar-refractivity contribution is 5.79. The fourth-order valence-electron chi connectivity index (χ4n) is 2.08. The van der Waals surface area contributed by atoms with E-state index in [1.165, 1.54) is 6.07 Å². The highest BCUT2D eigenvalue weighted by Gasteiger charge is 2.16. The van der Waals surface area contributed by atoms with Crippen LogP contribution in [0.1, 0.15) is 0 Å². The zero-order valence-electron chi connectivity index (χ0n) is 11.5. The molecule has 1 aromatic rings. The number of hydrogen-bond donors (Lipinski definition) is 2. The second-order valence-corrected chi connectivity index (χ2v) is 5.03. The number of aromatic nitrogens is 2. The lowest BCUT2D eigenvalue weighted by Gasteiger charge is -2.33.